The second kappa shape index (κ2) is 6.56. The van der Waals surface area contributed by atoms with Gasteiger partial charge in [0.15, 0.2) is 0 Å². The fourth-order valence-corrected chi connectivity index (χ4v) is 4.29. The van der Waals surface area contributed by atoms with Gasteiger partial charge < -0.3 is 10.1 Å². The van der Waals surface area contributed by atoms with E-state index in [-0.39, 0.29) is 18.0 Å². The third-order valence-corrected chi connectivity index (χ3v) is 5.61. The summed E-state index contributed by atoms with van der Waals surface area (Å²) in [5, 5.41) is 7.93. The lowest BCUT2D eigenvalue weighted by Gasteiger charge is -2.38. The molecule has 0 radical (unpaired) electrons. The lowest BCUT2D eigenvalue weighted by molar-refractivity contribution is 0.223. The predicted molar refractivity (Wildman–Crippen MR) is 111 cm³/mol. The molecule has 0 spiro atoms. The number of anilines is 1. The summed E-state index contributed by atoms with van der Waals surface area (Å²) in [6, 6.07) is 24.3. The minimum atomic E-state index is -0.323. The molecule has 2 aliphatic heterocycles. The Bertz CT molecular complexity index is 1260. The van der Waals surface area contributed by atoms with Crippen LogP contribution in [0.4, 0.5) is 10.3 Å². The molecule has 0 bridgehead atoms. The summed E-state index contributed by atoms with van der Waals surface area (Å²) in [6.45, 7) is 0. The Morgan fingerprint density at radius 1 is 0.867 bits per heavy atom. The van der Waals surface area contributed by atoms with E-state index in [2.05, 4.69) is 27.5 Å². The molecule has 146 valence electrons. The zero-order chi connectivity index (χ0) is 20.1. The van der Waals surface area contributed by atoms with Crippen LogP contribution in [0.1, 0.15) is 28.8 Å². The molecule has 2 atom stereocenters. The van der Waals surface area contributed by atoms with Crippen LogP contribution in [-0.2, 0) is 0 Å². The van der Waals surface area contributed by atoms with Gasteiger partial charge in [0.05, 0.1) is 5.70 Å². The second-order valence-corrected chi connectivity index (χ2v) is 7.34. The Labute approximate surface area is 172 Å². The van der Waals surface area contributed by atoms with E-state index in [1.165, 1.54) is 18.5 Å². The highest BCUT2D eigenvalue weighted by atomic mass is 19.1. The molecule has 6 heteroatoms. The van der Waals surface area contributed by atoms with Crippen LogP contribution in [0.25, 0.3) is 5.70 Å². The van der Waals surface area contributed by atoms with Crippen molar-refractivity contribution in [3.63, 3.8) is 0 Å². The van der Waals surface area contributed by atoms with E-state index in [0.29, 0.717) is 5.95 Å². The van der Waals surface area contributed by atoms with Crippen LogP contribution in [0.5, 0.6) is 5.75 Å². The highest BCUT2D eigenvalue weighted by Gasteiger charge is 2.40. The summed E-state index contributed by atoms with van der Waals surface area (Å²) in [5.41, 5.74) is 4.91. The van der Waals surface area contributed by atoms with Gasteiger partial charge in [-0.2, -0.15) is 10.1 Å². The molecule has 5 nitrogen and oxygen atoms in total. The van der Waals surface area contributed by atoms with Gasteiger partial charge >= 0.3 is 0 Å². The Morgan fingerprint density at radius 3 is 2.47 bits per heavy atom. The highest BCUT2D eigenvalue weighted by molar-refractivity contribution is 5.85. The van der Waals surface area contributed by atoms with E-state index in [1.807, 2.05) is 47.1 Å². The van der Waals surface area contributed by atoms with Crippen LogP contribution in [-0.4, -0.2) is 14.8 Å². The quantitative estimate of drug-likeness (QED) is 0.519. The van der Waals surface area contributed by atoms with Crippen molar-refractivity contribution in [2.45, 2.75) is 12.1 Å². The van der Waals surface area contributed by atoms with E-state index >= 15 is 0 Å². The molecule has 0 aliphatic carbocycles. The van der Waals surface area contributed by atoms with Crippen molar-refractivity contribution in [2.24, 2.45) is 0 Å². The number of hydrogen-bond donors (Lipinski definition) is 1. The zero-order valence-electron chi connectivity index (χ0n) is 15.9. The van der Waals surface area contributed by atoms with E-state index in [9.17, 15) is 4.39 Å². The lowest BCUT2D eigenvalue weighted by atomic mass is 9.84. The van der Waals surface area contributed by atoms with Crippen LogP contribution in [0, 0.1) is 5.82 Å². The molecule has 2 aliphatic rings. The van der Waals surface area contributed by atoms with Gasteiger partial charge in [-0.25, -0.2) is 9.07 Å². The number of hydrogen-bond acceptors (Lipinski definition) is 4. The van der Waals surface area contributed by atoms with Crippen molar-refractivity contribution in [2.75, 3.05) is 5.32 Å². The molecular weight excluding hydrogens is 379 g/mol. The molecule has 6 rings (SSSR count). The third kappa shape index (κ3) is 2.54. The first-order valence-corrected chi connectivity index (χ1v) is 9.76. The van der Waals surface area contributed by atoms with Gasteiger partial charge in [-0.1, -0.05) is 54.6 Å². The monoisotopic (exact) mass is 396 g/mol. The molecule has 3 heterocycles. The first kappa shape index (κ1) is 17.0. The van der Waals surface area contributed by atoms with E-state index < -0.39 is 0 Å². The standard InChI is InChI=1S/C24H17FN4O/c25-17-12-10-15(11-13-17)22-20-21(28-24-26-14-27-29(22)24)18-8-4-5-9-19(18)30-23(20)16-6-2-1-3-7-16/h1-14,22-23H,(H,26,27,28)/t22-,23-/m0/s1. The summed E-state index contributed by atoms with van der Waals surface area (Å²) >= 11 is 0. The van der Waals surface area contributed by atoms with Crippen LogP contribution in [0.3, 0.4) is 0 Å². The van der Waals surface area contributed by atoms with Crippen molar-refractivity contribution >= 4 is 11.6 Å². The molecule has 3 aromatic carbocycles. The maximum atomic E-state index is 13.7. The fourth-order valence-electron chi connectivity index (χ4n) is 4.29. The van der Waals surface area contributed by atoms with Crippen LogP contribution in [0.15, 0.2) is 90.8 Å². The summed E-state index contributed by atoms with van der Waals surface area (Å²) in [7, 11) is 0. The van der Waals surface area contributed by atoms with Gasteiger partial charge in [0.2, 0.25) is 5.95 Å². The number of benzene rings is 3. The number of nitrogens with one attached hydrogen (secondary N) is 1. The van der Waals surface area contributed by atoms with Crippen LogP contribution >= 0.6 is 0 Å². The average Bonchev–Trinajstić information content (AvgIpc) is 3.27. The maximum Gasteiger partial charge on any atom is 0.226 e. The number of aromatic nitrogens is 3. The Balaban J connectivity index is 1.63. The van der Waals surface area contributed by atoms with Gasteiger partial charge in [-0.05, 0) is 35.4 Å². The van der Waals surface area contributed by atoms with Gasteiger partial charge in [-0.15, -0.1) is 0 Å². The van der Waals surface area contributed by atoms with Crippen molar-refractivity contribution in [1.29, 1.82) is 0 Å². The minimum absolute atomic E-state index is 0.273. The topological polar surface area (TPSA) is 52.0 Å². The molecule has 0 unspecified atom stereocenters. The summed E-state index contributed by atoms with van der Waals surface area (Å²) in [6.07, 6.45) is 1.21. The number of nitrogens with zero attached hydrogens (tertiary/aromatic N) is 3. The number of rotatable bonds is 2. The molecule has 0 saturated heterocycles. The fraction of sp³-hybridized carbons (Fsp3) is 0.0833. The second-order valence-electron chi connectivity index (χ2n) is 7.34. The van der Waals surface area contributed by atoms with Gasteiger partial charge in [-0.3, -0.25) is 0 Å². The van der Waals surface area contributed by atoms with Crippen molar-refractivity contribution in [1.82, 2.24) is 14.8 Å². The van der Waals surface area contributed by atoms with Crippen molar-refractivity contribution in [3.05, 3.63) is 113 Å². The Hall–Kier alpha value is -3.93. The number of halogens is 1. The molecule has 1 N–H and O–H groups in total. The first-order valence-electron chi connectivity index (χ1n) is 9.76. The summed E-state index contributed by atoms with van der Waals surface area (Å²) in [4.78, 5) is 4.40. The normalized spacial score (nSPS) is 19.2. The third-order valence-electron chi connectivity index (χ3n) is 5.61. The van der Waals surface area contributed by atoms with Crippen molar-refractivity contribution in [3.8, 4) is 5.75 Å². The minimum Gasteiger partial charge on any atom is -0.480 e. The molecule has 0 amide bonds. The summed E-state index contributed by atoms with van der Waals surface area (Å²) in [5.74, 6) is 1.18. The van der Waals surface area contributed by atoms with Gasteiger partial charge in [0, 0.05) is 11.1 Å². The number of fused-ring (bicyclic) bond motifs is 3. The molecule has 0 saturated carbocycles. The van der Waals surface area contributed by atoms with Crippen LogP contribution in [0.2, 0.25) is 0 Å². The largest absolute Gasteiger partial charge is 0.480 e. The highest BCUT2D eigenvalue weighted by Crippen LogP contribution is 2.50. The molecule has 0 fully saturated rings. The Kier molecular flexibility index (Phi) is 3.71. The molecule has 4 aromatic rings. The molecule has 30 heavy (non-hydrogen) atoms. The summed E-state index contributed by atoms with van der Waals surface area (Å²) < 4.78 is 22.0. The average molecular weight is 396 g/mol. The SMILES string of the molecule is Fc1ccc([C@H]2C3=C(Nc4ncnn42)c2ccccc2O[C@H]3c2ccccc2)cc1. The number of ether oxygens (including phenoxy) is 1. The molecular formula is C24H17FN4O. The molecule has 1 aromatic heterocycles. The predicted octanol–water partition coefficient (Wildman–Crippen LogP) is 4.98. The maximum absolute atomic E-state index is 13.7. The van der Waals surface area contributed by atoms with Gasteiger partial charge in [0.1, 0.15) is 30.0 Å². The van der Waals surface area contributed by atoms with Crippen molar-refractivity contribution < 1.29 is 9.13 Å². The lowest BCUT2D eigenvalue weighted by Crippen LogP contribution is -2.32. The van der Waals surface area contributed by atoms with E-state index in [4.69, 9.17) is 4.74 Å². The number of para-hydroxylation sites is 1. The first-order chi connectivity index (χ1) is 14.8. The van der Waals surface area contributed by atoms with E-state index in [1.54, 1.807) is 12.1 Å². The Morgan fingerprint density at radius 2 is 1.63 bits per heavy atom. The van der Waals surface area contributed by atoms with Crippen LogP contribution < -0.4 is 10.1 Å². The smallest absolute Gasteiger partial charge is 0.226 e. The van der Waals surface area contributed by atoms with Gasteiger partial charge in [0.25, 0.3) is 0 Å². The zero-order valence-corrected chi connectivity index (χ0v) is 15.9. The van der Waals surface area contributed by atoms with E-state index in [0.717, 1.165) is 33.7 Å².